The molecule has 10 heteroatoms. The monoisotopic (exact) mass is 584 g/mol. The lowest BCUT2D eigenvalue weighted by molar-refractivity contribution is -0.140. The number of para-hydroxylation sites is 1. The molecule has 3 aromatic rings. The molecule has 0 radical (unpaired) electrons. The first-order chi connectivity index (χ1) is 18.8. The van der Waals surface area contributed by atoms with Crippen LogP contribution in [0.25, 0.3) is 0 Å². The van der Waals surface area contributed by atoms with E-state index < -0.39 is 34.2 Å². The topological polar surface area (TPSA) is 90.0 Å². The lowest BCUT2D eigenvalue weighted by Crippen LogP contribution is -2.56. The molecule has 2 amide bonds. The van der Waals surface area contributed by atoms with Crippen LogP contribution in [0.4, 0.5) is 5.69 Å². The highest BCUT2D eigenvalue weighted by Crippen LogP contribution is 2.24. The quantitative estimate of drug-likeness (QED) is 0.359. The predicted octanol–water partition coefficient (Wildman–Crippen LogP) is 4.51. The van der Waals surface area contributed by atoms with Crippen LogP contribution in [0.3, 0.4) is 0 Å². The van der Waals surface area contributed by atoms with Crippen LogP contribution in [0.2, 0.25) is 5.02 Å². The van der Waals surface area contributed by atoms with Crippen LogP contribution in [0.5, 0.6) is 0 Å². The van der Waals surface area contributed by atoms with E-state index in [0.717, 1.165) is 14.2 Å². The van der Waals surface area contributed by atoms with E-state index in [1.807, 2.05) is 51.1 Å². The second-order valence-electron chi connectivity index (χ2n) is 10.7. The molecule has 0 aliphatic carbocycles. The Bertz CT molecular complexity index is 1390. The lowest BCUT2D eigenvalue weighted by atomic mass is 10.0. The number of hydrogen-bond acceptors (Lipinski definition) is 4. The van der Waals surface area contributed by atoms with Gasteiger partial charge in [0.25, 0.3) is 0 Å². The zero-order chi connectivity index (χ0) is 29.5. The normalized spacial score (nSPS) is 12.6. The molecule has 0 heterocycles. The SMILES string of the molecule is CN(C)S(=O)(=O)N(CC(=O)N(Cc1ccccc1Cl)C(Cc1ccccc1)C(=O)NC(C)(C)C)c1ccccc1. The second kappa shape index (κ2) is 13.3. The third-order valence-corrected chi connectivity index (χ3v) is 8.32. The highest BCUT2D eigenvalue weighted by Gasteiger charge is 2.35. The average molecular weight is 585 g/mol. The minimum absolute atomic E-state index is 0.0121. The van der Waals surface area contributed by atoms with Crippen molar-refractivity contribution in [2.45, 2.75) is 45.3 Å². The van der Waals surface area contributed by atoms with Crippen molar-refractivity contribution in [3.8, 4) is 0 Å². The summed E-state index contributed by atoms with van der Waals surface area (Å²) in [7, 11) is -1.22. The molecular formula is C30H37ClN4O4S. The fraction of sp³-hybridized carbons (Fsp3) is 0.333. The fourth-order valence-corrected chi connectivity index (χ4v) is 5.38. The maximum Gasteiger partial charge on any atom is 0.304 e. The molecule has 8 nitrogen and oxygen atoms in total. The van der Waals surface area contributed by atoms with E-state index >= 15 is 0 Å². The van der Waals surface area contributed by atoms with Crippen LogP contribution < -0.4 is 9.62 Å². The Hall–Kier alpha value is -3.40. The Morgan fingerprint density at radius 1 is 0.875 bits per heavy atom. The zero-order valence-corrected chi connectivity index (χ0v) is 25.1. The van der Waals surface area contributed by atoms with Gasteiger partial charge in [-0.2, -0.15) is 12.7 Å². The molecular weight excluding hydrogens is 548 g/mol. The summed E-state index contributed by atoms with van der Waals surface area (Å²) in [5, 5.41) is 3.44. The molecule has 0 bridgehead atoms. The molecule has 3 aromatic carbocycles. The van der Waals surface area contributed by atoms with Gasteiger partial charge in [0.05, 0.1) is 5.69 Å². The second-order valence-corrected chi connectivity index (χ2v) is 13.2. The van der Waals surface area contributed by atoms with Gasteiger partial charge in [-0.05, 0) is 50.1 Å². The number of amides is 2. The molecule has 1 unspecified atom stereocenters. The average Bonchev–Trinajstić information content (AvgIpc) is 2.90. The number of rotatable bonds is 11. The highest BCUT2D eigenvalue weighted by molar-refractivity contribution is 7.90. The third kappa shape index (κ3) is 8.30. The highest BCUT2D eigenvalue weighted by atomic mass is 35.5. The van der Waals surface area contributed by atoms with Gasteiger partial charge in [-0.25, -0.2) is 4.31 Å². The number of anilines is 1. The number of hydrogen-bond donors (Lipinski definition) is 1. The van der Waals surface area contributed by atoms with Crippen molar-refractivity contribution in [2.24, 2.45) is 0 Å². The summed E-state index contributed by atoms with van der Waals surface area (Å²) >= 11 is 6.49. The van der Waals surface area contributed by atoms with E-state index in [0.29, 0.717) is 16.3 Å². The first-order valence-electron chi connectivity index (χ1n) is 12.9. The van der Waals surface area contributed by atoms with Gasteiger partial charge < -0.3 is 10.2 Å². The van der Waals surface area contributed by atoms with Crippen LogP contribution in [0, 0.1) is 0 Å². The molecule has 0 spiro atoms. The Morgan fingerprint density at radius 2 is 1.43 bits per heavy atom. The van der Waals surface area contributed by atoms with E-state index in [9.17, 15) is 18.0 Å². The Balaban J connectivity index is 2.11. The van der Waals surface area contributed by atoms with Crippen LogP contribution in [0.15, 0.2) is 84.9 Å². The third-order valence-electron chi connectivity index (χ3n) is 6.13. The number of carbonyl (C=O) groups is 2. The number of nitrogens with one attached hydrogen (secondary N) is 1. The van der Waals surface area contributed by atoms with Crippen LogP contribution in [0.1, 0.15) is 31.9 Å². The van der Waals surface area contributed by atoms with Gasteiger partial charge >= 0.3 is 10.2 Å². The van der Waals surface area contributed by atoms with Crippen molar-refractivity contribution in [3.05, 3.63) is 101 Å². The molecule has 40 heavy (non-hydrogen) atoms. The van der Waals surface area contributed by atoms with Gasteiger partial charge in [0.2, 0.25) is 11.8 Å². The van der Waals surface area contributed by atoms with E-state index in [1.54, 1.807) is 54.6 Å². The number of halogens is 1. The largest absolute Gasteiger partial charge is 0.350 e. The van der Waals surface area contributed by atoms with Crippen molar-refractivity contribution in [1.82, 2.24) is 14.5 Å². The van der Waals surface area contributed by atoms with E-state index in [-0.39, 0.29) is 18.9 Å². The molecule has 0 saturated carbocycles. The van der Waals surface area contributed by atoms with Crippen LogP contribution in [-0.2, 0) is 32.8 Å². The first-order valence-corrected chi connectivity index (χ1v) is 14.7. The summed E-state index contributed by atoms with van der Waals surface area (Å²) in [4.78, 5) is 29.4. The minimum Gasteiger partial charge on any atom is -0.350 e. The van der Waals surface area contributed by atoms with Gasteiger partial charge in [-0.1, -0.05) is 78.3 Å². The molecule has 1 atom stereocenters. The number of nitrogens with zero attached hydrogens (tertiary/aromatic N) is 3. The summed E-state index contributed by atoms with van der Waals surface area (Å²) in [6, 6.07) is 24.0. The Labute approximate surface area is 242 Å². The summed E-state index contributed by atoms with van der Waals surface area (Å²) in [5.74, 6) is -0.891. The molecule has 0 aromatic heterocycles. The minimum atomic E-state index is -4.04. The fourth-order valence-electron chi connectivity index (χ4n) is 4.13. The van der Waals surface area contributed by atoms with Gasteiger partial charge in [-0.15, -0.1) is 0 Å². The molecule has 0 fully saturated rings. The summed E-state index contributed by atoms with van der Waals surface area (Å²) in [6.07, 6.45) is 0.227. The van der Waals surface area contributed by atoms with Gasteiger partial charge in [0.1, 0.15) is 12.6 Å². The molecule has 0 aliphatic rings. The molecule has 0 aliphatic heterocycles. The molecule has 1 N–H and O–H groups in total. The number of benzene rings is 3. The van der Waals surface area contributed by atoms with Crippen LogP contribution >= 0.6 is 11.6 Å². The van der Waals surface area contributed by atoms with E-state index in [1.165, 1.54) is 19.0 Å². The van der Waals surface area contributed by atoms with Crippen molar-refractivity contribution < 1.29 is 18.0 Å². The molecule has 0 saturated heterocycles. The summed E-state index contributed by atoms with van der Waals surface area (Å²) in [6.45, 7) is 5.10. The van der Waals surface area contributed by atoms with E-state index in [2.05, 4.69) is 5.32 Å². The first kappa shape index (κ1) is 31.1. The maximum absolute atomic E-state index is 14.2. The van der Waals surface area contributed by atoms with Crippen molar-refractivity contribution in [2.75, 3.05) is 24.9 Å². The van der Waals surface area contributed by atoms with Gasteiger partial charge in [0.15, 0.2) is 0 Å². The maximum atomic E-state index is 14.2. The smallest absolute Gasteiger partial charge is 0.304 e. The van der Waals surface area contributed by atoms with Crippen molar-refractivity contribution in [3.63, 3.8) is 0 Å². The standard InChI is InChI=1S/C30H37ClN4O4S/c1-30(2,3)32-29(37)27(20-23-14-8-6-9-15-23)34(21-24-16-12-13-19-26(24)31)28(36)22-35(40(38,39)33(4)5)25-17-10-7-11-18-25/h6-19,27H,20-22H2,1-5H3,(H,32,37). The Morgan fingerprint density at radius 3 is 1.98 bits per heavy atom. The Kier molecular flexibility index (Phi) is 10.4. The molecule has 214 valence electrons. The zero-order valence-electron chi connectivity index (χ0n) is 23.5. The van der Waals surface area contributed by atoms with Crippen molar-refractivity contribution >= 4 is 39.3 Å². The predicted molar refractivity (Wildman–Crippen MR) is 160 cm³/mol. The summed E-state index contributed by atoms with van der Waals surface area (Å²) in [5.41, 5.74) is 1.27. The van der Waals surface area contributed by atoms with Crippen LogP contribution in [-0.4, -0.2) is 61.7 Å². The van der Waals surface area contributed by atoms with Crippen molar-refractivity contribution in [1.29, 1.82) is 0 Å². The van der Waals surface area contributed by atoms with Gasteiger partial charge in [-0.3, -0.25) is 9.59 Å². The van der Waals surface area contributed by atoms with E-state index in [4.69, 9.17) is 11.6 Å². The number of carbonyl (C=O) groups excluding carboxylic acids is 2. The lowest BCUT2D eigenvalue weighted by Gasteiger charge is -2.36. The summed E-state index contributed by atoms with van der Waals surface area (Å²) < 4.78 is 28.8. The molecule has 3 rings (SSSR count). The van der Waals surface area contributed by atoms with Gasteiger partial charge in [0, 0.05) is 37.6 Å².